The van der Waals surface area contributed by atoms with Crippen molar-refractivity contribution in [3.8, 4) is 5.75 Å². The van der Waals surface area contributed by atoms with Crippen LogP contribution in [0.4, 0.5) is 0 Å². The molecule has 1 aromatic carbocycles. The number of hydrogen-bond donors (Lipinski definition) is 1. The van der Waals surface area contributed by atoms with Gasteiger partial charge in [-0.2, -0.15) is 0 Å². The standard InChI is InChI=1S/C14H18N2O3/c1-3-16(4-2)14(18)13-9-11(15-19-13)10-7-5-6-8-12(10)17/h5-8,13,17H,3-4,9H2,1-2H3/t13-/m0/s1. The predicted octanol–water partition coefficient (Wildman–Crippen LogP) is 1.75. The van der Waals surface area contributed by atoms with Crippen LogP contribution in [0.3, 0.4) is 0 Å². The van der Waals surface area contributed by atoms with Gasteiger partial charge in [-0.3, -0.25) is 4.79 Å². The Hall–Kier alpha value is -2.04. The summed E-state index contributed by atoms with van der Waals surface area (Å²) in [6, 6.07) is 6.92. The minimum Gasteiger partial charge on any atom is -0.507 e. The molecule has 0 bridgehead atoms. The van der Waals surface area contributed by atoms with Crippen molar-refractivity contribution in [3.05, 3.63) is 29.8 Å². The predicted molar refractivity (Wildman–Crippen MR) is 72.1 cm³/mol. The maximum Gasteiger partial charge on any atom is 0.266 e. The first-order valence-corrected chi connectivity index (χ1v) is 6.47. The maximum atomic E-state index is 12.1. The van der Waals surface area contributed by atoms with Gasteiger partial charge in [0.05, 0.1) is 5.71 Å². The van der Waals surface area contributed by atoms with Gasteiger partial charge in [-0.05, 0) is 26.0 Å². The van der Waals surface area contributed by atoms with E-state index in [0.717, 1.165) is 0 Å². The van der Waals surface area contributed by atoms with Crippen LogP contribution in [0.15, 0.2) is 29.4 Å². The number of benzene rings is 1. The van der Waals surface area contributed by atoms with Gasteiger partial charge in [0.25, 0.3) is 5.91 Å². The van der Waals surface area contributed by atoms with Crippen LogP contribution in [0.1, 0.15) is 25.8 Å². The van der Waals surface area contributed by atoms with E-state index >= 15 is 0 Å². The molecule has 1 N–H and O–H groups in total. The van der Waals surface area contributed by atoms with Crippen LogP contribution in [-0.2, 0) is 9.63 Å². The number of oxime groups is 1. The van der Waals surface area contributed by atoms with E-state index in [-0.39, 0.29) is 11.7 Å². The Labute approximate surface area is 112 Å². The highest BCUT2D eigenvalue weighted by molar-refractivity contribution is 6.05. The summed E-state index contributed by atoms with van der Waals surface area (Å²) < 4.78 is 0. The first-order chi connectivity index (χ1) is 9.17. The van der Waals surface area contributed by atoms with Crippen LogP contribution in [0, 0.1) is 0 Å². The van der Waals surface area contributed by atoms with Gasteiger partial charge in [0.15, 0.2) is 0 Å². The molecular weight excluding hydrogens is 244 g/mol. The molecule has 0 unspecified atom stereocenters. The number of aromatic hydroxyl groups is 1. The summed E-state index contributed by atoms with van der Waals surface area (Å²) in [6.07, 6.45) is -0.179. The minimum absolute atomic E-state index is 0.0563. The second-order valence-corrected chi connectivity index (χ2v) is 4.36. The van der Waals surface area contributed by atoms with Crippen LogP contribution in [-0.4, -0.2) is 40.8 Å². The fourth-order valence-electron chi connectivity index (χ4n) is 2.13. The van der Waals surface area contributed by atoms with Crippen molar-refractivity contribution < 1.29 is 14.7 Å². The van der Waals surface area contributed by atoms with Crippen molar-refractivity contribution in [2.24, 2.45) is 5.16 Å². The number of amides is 1. The summed E-state index contributed by atoms with van der Waals surface area (Å²) in [5, 5.41) is 13.7. The van der Waals surface area contributed by atoms with Crippen LogP contribution in [0.25, 0.3) is 0 Å². The average molecular weight is 262 g/mol. The van der Waals surface area contributed by atoms with Gasteiger partial charge >= 0.3 is 0 Å². The van der Waals surface area contributed by atoms with Crippen molar-refractivity contribution in [2.45, 2.75) is 26.4 Å². The normalized spacial score (nSPS) is 17.8. The smallest absolute Gasteiger partial charge is 0.266 e. The number of carbonyl (C=O) groups excluding carboxylic acids is 1. The second kappa shape index (κ2) is 5.73. The first kappa shape index (κ1) is 13.4. The summed E-state index contributed by atoms with van der Waals surface area (Å²) in [4.78, 5) is 19.1. The molecule has 1 heterocycles. The summed E-state index contributed by atoms with van der Waals surface area (Å²) >= 11 is 0. The fourth-order valence-corrected chi connectivity index (χ4v) is 2.13. The summed E-state index contributed by atoms with van der Waals surface area (Å²) in [5.74, 6) is 0.0972. The molecule has 1 amide bonds. The molecule has 1 aliphatic heterocycles. The molecule has 0 aliphatic carbocycles. The van der Waals surface area contributed by atoms with Crippen molar-refractivity contribution in [2.75, 3.05) is 13.1 Å². The van der Waals surface area contributed by atoms with Crippen molar-refractivity contribution >= 4 is 11.6 Å². The van der Waals surface area contributed by atoms with Gasteiger partial charge in [0.1, 0.15) is 5.75 Å². The molecule has 1 aromatic rings. The van der Waals surface area contributed by atoms with Crippen LogP contribution in [0.2, 0.25) is 0 Å². The lowest BCUT2D eigenvalue weighted by Crippen LogP contribution is -2.39. The molecule has 0 aromatic heterocycles. The first-order valence-electron chi connectivity index (χ1n) is 6.47. The Morgan fingerprint density at radius 1 is 1.42 bits per heavy atom. The summed E-state index contributed by atoms with van der Waals surface area (Å²) in [6.45, 7) is 5.17. The van der Waals surface area contributed by atoms with Crippen molar-refractivity contribution in [3.63, 3.8) is 0 Å². The third-order valence-corrected chi connectivity index (χ3v) is 3.23. The Bertz CT molecular complexity index is 495. The van der Waals surface area contributed by atoms with Crippen LogP contribution >= 0.6 is 0 Å². The Morgan fingerprint density at radius 2 is 2.11 bits per heavy atom. The lowest BCUT2D eigenvalue weighted by atomic mass is 10.0. The Balaban J connectivity index is 2.08. The van der Waals surface area contributed by atoms with Crippen LogP contribution in [0.5, 0.6) is 5.75 Å². The van der Waals surface area contributed by atoms with E-state index in [4.69, 9.17) is 4.84 Å². The summed E-state index contributed by atoms with van der Waals surface area (Å²) in [7, 11) is 0. The molecule has 1 atom stereocenters. The largest absolute Gasteiger partial charge is 0.507 e. The van der Waals surface area contributed by atoms with Crippen molar-refractivity contribution in [1.29, 1.82) is 0 Å². The molecule has 0 saturated carbocycles. The monoisotopic (exact) mass is 262 g/mol. The number of carbonyl (C=O) groups is 1. The number of hydrogen-bond acceptors (Lipinski definition) is 4. The zero-order valence-electron chi connectivity index (χ0n) is 11.2. The maximum absolute atomic E-state index is 12.1. The molecule has 0 spiro atoms. The molecule has 2 rings (SSSR count). The number of para-hydroxylation sites is 1. The van der Waals surface area contributed by atoms with E-state index < -0.39 is 6.10 Å². The second-order valence-electron chi connectivity index (χ2n) is 4.36. The van der Waals surface area contributed by atoms with Gasteiger partial charge in [-0.1, -0.05) is 17.3 Å². The number of phenolic OH excluding ortho intramolecular Hbond substituents is 1. The molecular formula is C14H18N2O3. The third-order valence-electron chi connectivity index (χ3n) is 3.23. The SMILES string of the molecule is CCN(CC)C(=O)[C@@H]1CC(c2ccccc2O)=NO1. The molecule has 5 nitrogen and oxygen atoms in total. The van der Waals surface area contributed by atoms with Crippen LogP contribution < -0.4 is 0 Å². The Morgan fingerprint density at radius 3 is 2.74 bits per heavy atom. The molecule has 0 radical (unpaired) electrons. The fraction of sp³-hybridized carbons (Fsp3) is 0.429. The highest BCUT2D eigenvalue weighted by atomic mass is 16.6. The zero-order valence-corrected chi connectivity index (χ0v) is 11.2. The third kappa shape index (κ3) is 2.70. The zero-order chi connectivity index (χ0) is 13.8. The lowest BCUT2D eigenvalue weighted by molar-refractivity contribution is -0.141. The molecule has 19 heavy (non-hydrogen) atoms. The average Bonchev–Trinajstić information content (AvgIpc) is 2.90. The lowest BCUT2D eigenvalue weighted by Gasteiger charge is -2.20. The van der Waals surface area contributed by atoms with Gasteiger partial charge in [0, 0.05) is 25.1 Å². The van der Waals surface area contributed by atoms with E-state index in [0.29, 0.717) is 30.8 Å². The van der Waals surface area contributed by atoms with E-state index in [2.05, 4.69) is 5.16 Å². The highest BCUT2D eigenvalue weighted by Gasteiger charge is 2.32. The van der Waals surface area contributed by atoms with E-state index in [1.54, 1.807) is 23.1 Å². The number of phenols is 1. The Kier molecular flexibility index (Phi) is 4.04. The number of rotatable bonds is 4. The molecule has 0 fully saturated rings. The van der Waals surface area contributed by atoms with E-state index in [1.807, 2.05) is 19.9 Å². The highest BCUT2D eigenvalue weighted by Crippen LogP contribution is 2.24. The number of likely N-dealkylation sites (N-methyl/N-ethyl adjacent to an activating group) is 1. The minimum atomic E-state index is -0.575. The van der Waals surface area contributed by atoms with Gasteiger partial charge in [-0.15, -0.1) is 0 Å². The van der Waals surface area contributed by atoms with Gasteiger partial charge < -0.3 is 14.8 Å². The summed E-state index contributed by atoms with van der Waals surface area (Å²) in [5.41, 5.74) is 1.24. The van der Waals surface area contributed by atoms with E-state index in [1.165, 1.54) is 0 Å². The van der Waals surface area contributed by atoms with E-state index in [9.17, 15) is 9.90 Å². The molecule has 0 saturated heterocycles. The topological polar surface area (TPSA) is 62.1 Å². The van der Waals surface area contributed by atoms with Gasteiger partial charge in [0.2, 0.25) is 6.10 Å². The number of nitrogens with zero attached hydrogens (tertiary/aromatic N) is 2. The quantitative estimate of drug-likeness (QED) is 0.899. The van der Waals surface area contributed by atoms with Crippen molar-refractivity contribution in [1.82, 2.24) is 4.90 Å². The van der Waals surface area contributed by atoms with Gasteiger partial charge in [-0.25, -0.2) is 0 Å². The molecule has 102 valence electrons. The molecule has 5 heteroatoms. The molecule has 1 aliphatic rings.